The number of pyridine rings is 1. The fourth-order valence-electron chi connectivity index (χ4n) is 2.91. The van der Waals surface area contributed by atoms with Gasteiger partial charge in [0.1, 0.15) is 0 Å². The van der Waals surface area contributed by atoms with Gasteiger partial charge in [-0.15, -0.1) is 0 Å². The Labute approximate surface area is 125 Å². The second-order valence-electron chi connectivity index (χ2n) is 5.76. The van der Waals surface area contributed by atoms with Gasteiger partial charge in [-0.25, -0.2) is 0 Å². The largest absolute Gasteiger partial charge is 0.481 e. The van der Waals surface area contributed by atoms with Gasteiger partial charge in [-0.1, -0.05) is 6.42 Å². The van der Waals surface area contributed by atoms with E-state index in [9.17, 15) is 9.59 Å². The molecule has 1 fully saturated rings. The summed E-state index contributed by atoms with van der Waals surface area (Å²) in [6.07, 6.45) is 7.09. The van der Waals surface area contributed by atoms with Crippen LogP contribution in [0.15, 0.2) is 24.5 Å². The first kappa shape index (κ1) is 15.5. The van der Waals surface area contributed by atoms with E-state index in [1.807, 2.05) is 12.1 Å². The Morgan fingerprint density at radius 2 is 1.95 bits per heavy atom. The minimum absolute atomic E-state index is 0.0787. The van der Waals surface area contributed by atoms with Gasteiger partial charge in [0, 0.05) is 31.9 Å². The number of carboxylic acids is 1. The maximum atomic E-state index is 12.4. The van der Waals surface area contributed by atoms with Crippen LogP contribution in [-0.4, -0.2) is 40.5 Å². The molecule has 1 aliphatic carbocycles. The van der Waals surface area contributed by atoms with Gasteiger partial charge in [0.25, 0.3) is 0 Å². The Morgan fingerprint density at radius 1 is 1.29 bits per heavy atom. The summed E-state index contributed by atoms with van der Waals surface area (Å²) < 4.78 is 0. The van der Waals surface area contributed by atoms with Crippen molar-refractivity contribution in [2.75, 3.05) is 13.6 Å². The molecule has 0 radical (unpaired) electrons. The van der Waals surface area contributed by atoms with Crippen LogP contribution in [0.25, 0.3) is 0 Å². The Bertz CT molecular complexity index is 490. The summed E-state index contributed by atoms with van der Waals surface area (Å²) in [5, 5.41) is 9.10. The van der Waals surface area contributed by atoms with E-state index < -0.39 is 5.97 Å². The Kier molecular flexibility index (Phi) is 5.31. The molecule has 5 nitrogen and oxygen atoms in total. The van der Waals surface area contributed by atoms with E-state index in [1.165, 1.54) is 0 Å². The molecule has 1 aromatic heterocycles. The van der Waals surface area contributed by atoms with Crippen molar-refractivity contribution >= 4 is 11.9 Å². The van der Waals surface area contributed by atoms with Crippen LogP contribution >= 0.6 is 0 Å². The number of nitrogens with zero attached hydrogens (tertiary/aromatic N) is 2. The van der Waals surface area contributed by atoms with Crippen LogP contribution in [-0.2, 0) is 16.0 Å². The van der Waals surface area contributed by atoms with E-state index in [0.717, 1.165) is 24.8 Å². The fraction of sp³-hybridized carbons (Fsp3) is 0.562. The lowest BCUT2D eigenvalue weighted by molar-refractivity contribution is -0.145. The van der Waals surface area contributed by atoms with E-state index in [-0.39, 0.29) is 17.7 Å². The highest BCUT2D eigenvalue weighted by atomic mass is 16.4. The Morgan fingerprint density at radius 3 is 2.62 bits per heavy atom. The number of hydrogen-bond donors (Lipinski definition) is 1. The van der Waals surface area contributed by atoms with Crippen LogP contribution in [0.3, 0.4) is 0 Å². The molecule has 0 spiro atoms. The van der Waals surface area contributed by atoms with Crippen LogP contribution in [0.2, 0.25) is 0 Å². The molecule has 1 amide bonds. The lowest BCUT2D eigenvalue weighted by atomic mass is 9.81. The molecule has 1 heterocycles. The van der Waals surface area contributed by atoms with Gasteiger partial charge in [0.2, 0.25) is 5.91 Å². The average molecular weight is 290 g/mol. The van der Waals surface area contributed by atoms with Crippen molar-refractivity contribution in [2.45, 2.75) is 32.1 Å². The Balaban J connectivity index is 1.85. The second-order valence-corrected chi connectivity index (χ2v) is 5.76. The molecule has 114 valence electrons. The highest BCUT2D eigenvalue weighted by Crippen LogP contribution is 2.30. The molecule has 2 atom stereocenters. The van der Waals surface area contributed by atoms with Crippen LogP contribution < -0.4 is 0 Å². The standard InChI is InChI=1S/C16H22N2O3/c1-18(10-7-12-5-8-17-9-6-12)15(19)13-3-2-4-14(11-13)16(20)21/h5-6,8-9,13-14H,2-4,7,10-11H2,1H3,(H,20,21). The molecule has 5 heteroatoms. The van der Waals surface area contributed by atoms with Crippen molar-refractivity contribution < 1.29 is 14.7 Å². The summed E-state index contributed by atoms with van der Waals surface area (Å²) in [5.41, 5.74) is 1.15. The zero-order valence-electron chi connectivity index (χ0n) is 12.4. The first-order chi connectivity index (χ1) is 10.1. The number of hydrogen-bond acceptors (Lipinski definition) is 3. The molecule has 1 aromatic rings. The predicted octanol–water partition coefficient (Wildman–Crippen LogP) is 1.97. The van der Waals surface area contributed by atoms with Crippen molar-refractivity contribution in [2.24, 2.45) is 11.8 Å². The minimum atomic E-state index is -0.771. The first-order valence-electron chi connectivity index (χ1n) is 7.44. The molecule has 1 N–H and O–H groups in total. The topological polar surface area (TPSA) is 70.5 Å². The van der Waals surface area contributed by atoms with Crippen LogP contribution in [0.1, 0.15) is 31.2 Å². The van der Waals surface area contributed by atoms with Gasteiger partial charge in [-0.05, 0) is 43.4 Å². The van der Waals surface area contributed by atoms with Gasteiger partial charge < -0.3 is 10.0 Å². The van der Waals surface area contributed by atoms with E-state index in [2.05, 4.69) is 4.98 Å². The number of likely N-dealkylation sites (N-methyl/N-ethyl adjacent to an activating group) is 1. The monoisotopic (exact) mass is 290 g/mol. The maximum Gasteiger partial charge on any atom is 0.306 e. The van der Waals surface area contributed by atoms with E-state index in [0.29, 0.717) is 19.4 Å². The normalized spacial score (nSPS) is 21.8. The number of carbonyl (C=O) groups is 2. The zero-order chi connectivity index (χ0) is 15.2. The molecular formula is C16H22N2O3. The quantitative estimate of drug-likeness (QED) is 0.900. The molecule has 21 heavy (non-hydrogen) atoms. The molecule has 0 saturated heterocycles. The maximum absolute atomic E-state index is 12.4. The Hall–Kier alpha value is -1.91. The number of aromatic nitrogens is 1. The molecule has 0 bridgehead atoms. The molecule has 0 aromatic carbocycles. The molecule has 2 unspecified atom stereocenters. The molecule has 1 aliphatic rings. The van der Waals surface area contributed by atoms with E-state index in [1.54, 1.807) is 24.3 Å². The highest BCUT2D eigenvalue weighted by molar-refractivity contribution is 5.80. The smallest absolute Gasteiger partial charge is 0.306 e. The lowest BCUT2D eigenvalue weighted by Gasteiger charge is -2.29. The van der Waals surface area contributed by atoms with Gasteiger partial charge in [-0.3, -0.25) is 14.6 Å². The first-order valence-corrected chi connectivity index (χ1v) is 7.44. The van der Waals surface area contributed by atoms with Crippen LogP contribution in [0.4, 0.5) is 0 Å². The van der Waals surface area contributed by atoms with Crippen molar-refractivity contribution in [1.29, 1.82) is 0 Å². The average Bonchev–Trinajstić information content (AvgIpc) is 2.53. The van der Waals surface area contributed by atoms with Crippen molar-refractivity contribution in [1.82, 2.24) is 9.88 Å². The minimum Gasteiger partial charge on any atom is -0.481 e. The van der Waals surface area contributed by atoms with Gasteiger partial charge in [-0.2, -0.15) is 0 Å². The van der Waals surface area contributed by atoms with Crippen molar-refractivity contribution in [3.8, 4) is 0 Å². The SMILES string of the molecule is CN(CCc1ccncc1)C(=O)C1CCCC(C(=O)O)C1. The third-order valence-corrected chi connectivity index (χ3v) is 4.23. The summed E-state index contributed by atoms with van der Waals surface area (Å²) in [5.74, 6) is -1.19. The molecule has 0 aliphatic heterocycles. The summed E-state index contributed by atoms with van der Waals surface area (Å²) in [6, 6.07) is 3.89. The van der Waals surface area contributed by atoms with E-state index in [4.69, 9.17) is 5.11 Å². The van der Waals surface area contributed by atoms with Gasteiger partial charge >= 0.3 is 5.97 Å². The zero-order valence-corrected chi connectivity index (χ0v) is 12.4. The third kappa shape index (κ3) is 4.28. The summed E-state index contributed by atoms with van der Waals surface area (Å²) in [7, 11) is 1.80. The highest BCUT2D eigenvalue weighted by Gasteiger charge is 2.32. The third-order valence-electron chi connectivity index (χ3n) is 4.23. The number of rotatable bonds is 5. The van der Waals surface area contributed by atoms with Crippen LogP contribution in [0.5, 0.6) is 0 Å². The van der Waals surface area contributed by atoms with Gasteiger partial charge in [0.15, 0.2) is 0 Å². The predicted molar refractivity (Wildman–Crippen MR) is 78.7 cm³/mol. The number of carboxylic acid groups (broad SMARTS) is 1. The van der Waals surface area contributed by atoms with Gasteiger partial charge in [0.05, 0.1) is 5.92 Å². The summed E-state index contributed by atoms with van der Waals surface area (Å²) in [4.78, 5) is 29.2. The van der Waals surface area contributed by atoms with Crippen molar-refractivity contribution in [3.05, 3.63) is 30.1 Å². The molecule has 1 saturated carbocycles. The summed E-state index contributed by atoms with van der Waals surface area (Å²) >= 11 is 0. The molecule has 2 rings (SSSR count). The lowest BCUT2D eigenvalue weighted by Crippen LogP contribution is -2.37. The number of carbonyl (C=O) groups excluding carboxylic acids is 1. The van der Waals surface area contributed by atoms with Crippen molar-refractivity contribution in [3.63, 3.8) is 0 Å². The van der Waals surface area contributed by atoms with Crippen LogP contribution in [0, 0.1) is 11.8 Å². The van der Waals surface area contributed by atoms with E-state index >= 15 is 0 Å². The molecular weight excluding hydrogens is 268 g/mol. The summed E-state index contributed by atoms with van der Waals surface area (Å²) in [6.45, 7) is 0.650. The number of amides is 1. The fourth-order valence-corrected chi connectivity index (χ4v) is 2.91. The number of aliphatic carboxylic acids is 1. The second kappa shape index (κ2) is 7.20.